The number of hydrogen-bond acceptors (Lipinski definition) is 5. The Morgan fingerprint density at radius 3 is 2.34 bits per heavy atom. The molecule has 1 amide bonds. The second-order valence-electron chi connectivity index (χ2n) is 10.3. The number of nitrogens with one attached hydrogen (secondary N) is 1. The predicted octanol–water partition coefficient (Wildman–Crippen LogP) is 5.01. The zero-order valence-corrected chi connectivity index (χ0v) is 19.6. The third-order valence-corrected chi connectivity index (χ3v) is 8.08. The molecule has 9 nitrogen and oxygen atoms in total. The molecule has 1 aromatic carbocycles. The van der Waals surface area contributed by atoms with E-state index in [1.807, 2.05) is 0 Å². The molecule has 1 N–H and O–H groups in total. The van der Waals surface area contributed by atoms with Gasteiger partial charge in [-0.05, 0) is 74.0 Å². The average molecular weight is 499 g/mol. The highest BCUT2D eigenvalue weighted by molar-refractivity contribution is 6.33. The van der Waals surface area contributed by atoms with Crippen molar-refractivity contribution in [3.8, 4) is 0 Å². The van der Waals surface area contributed by atoms with Crippen molar-refractivity contribution in [2.45, 2.75) is 50.6 Å². The van der Waals surface area contributed by atoms with E-state index in [4.69, 9.17) is 11.6 Å². The summed E-state index contributed by atoms with van der Waals surface area (Å²) in [5.41, 5.74) is -0.00436. The van der Waals surface area contributed by atoms with Crippen LogP contribution in [0.1, 0.15) is 54.6 Å². The molecule has 182 valence electrons. The monoisotopic (exact) mass is 498 g/mol. The molecule has 35 heavy (non-hydrogen) atoms. The van der Waals surface area contributed by atoms with Gasteiger partial charge in [0.2, 0.25) is 5.69 Å². The third-order valence-electron chi connectivity index (χ3n) is 7.81. The van der Waals surface area contributed by atoms with Crippen molar-refractivity contribution in [1.82, 2.24) is 19.6 Å². The summed E-state index contributed by atoms with van der Waals surface area (Å²) in [6.07, 6.45) is 9.52. The van der Waals surface area contributed by atoms with E-state index in [2.05, 4.69) is 15.5 Å². The van der Waals surface area contributed by atoms with Gasteiger partial charge < -0.3 is 5.32 Å². The summed E-state index contributed by atoms with van der Waals surface area (Å²) in [6.45, 7) is 0.316. The molecule has 0 unspecified atom stereocenters. The molecule has 11 heteroatoms. The van der Waals surface area contributed by atoms with Crippen LogP contribution >= 0.6 is 11.6 Å². The summed E-state index contributed by atoms with van der Waals surface area (Å²) in [5.74, 6) is 0.906. The van der Waals surface area contributed by atoms with Crippen LogP contribution in [-0.2, 0) is 12.1 Å². The van der Waals surface area contributed by atoms with Crippen LogP contribution in [0, 0.1) is 33.7 Å². The highest BCUT2D eigenvalue weighted by atomic mass is 35.5. The summed E-state index contributed by atoms with van der Waals surface area (Å²) in [6, 6.07) is 5.96. The van der Waals surface area contributed by atoms with E-state index < -0.39 is 10.8 Å². The van der Waals surface area contributed by atoms with Crippen LogP contribution in [0.15, 0.2) is 36.7 Å². The quantitative estimate of drug-likeness (QED) is 0.380. The fraction of sp³-hybridized carbons (Fsp3) is 0.458. The summed E-state index contributed by atoms with van der Waals surface area (Å²) in [4.78, 5) is 24.4. The molecule has 4 fully saturated rings. The summed E-state index contributed by atoms with van der Waals surface area (Å²) < 4.78 is 16.4. The molecular weight excluding hydrogens is 475 g/mol. The number of carbonyl (C=O) groups is 1. The topological polar surface area (TPSA) is 108 Å². The fourth-order valence-electron chi connectivity index (χ4n) is 6.76. The van der Waals surface area contributed by atoms with E-state index in [1.54, 1.807) is 16.8 Å². The van der Waals surface area contributed by atoms with Crippen molar-refractivity contribution < 1.29 is 14.1 Å². The van der Waals surface area contributed by atoms with Gasteiger partial charge in [0.15, 0.2) is 5.82 Å². The molecule has 0 spiro atoms. The molecule has 4 saturated carbocycles. The molecule has 4 bridgehead atoms. The highest BCUT2D eigenvalue weighted by Gasteiger charge is 2.53. The van der Waals surface area contributed by atoms with Crippen LogP contribution in [0.5, 0.6) is 0 Å². The number of nitrogens with zero attached hydrogens (tertiary/aromatic N) is 5. The van der Waals surface area contributed by atoms with Gasteiger partial charge in [0.25, 0.3) is 5.91 Å². The number of amides is 1. The molecule has 0 aliphatic heterocycles. The van der Waals surface area contributed by atoms with E-state index in [0.29, 0.717) is 24.3 Å². The number of aromatic nitrogens is 4. The summed E-state index contributed by atoms with van der Waals surface area (Å²) in [7, 11) is 0. The molecule has 0 atom stereocenters. The standard InChI is InChI=1S/C24H24ClFN6O3/c25-19-12-30(11-14-1-3-18(26)4-2-14)29-22(19)27-23(33)21-20(32(34)35)13-31(28-21)24-8-15-5-16(9-24)7-17(6-15)10-24/h1-4,12-13,15-17H,5-11H2,(H,27,29,33). The zero-order chi connectivity index (χ0) is 24.3. The SMILES string of the molecule is O=C(Nc1nn(Cc2ccc(F)cc2)cc1Cl)c1nn(C23CC4CC(CC(C4)C2)C3)cc1[N+](=O)[O-]. The van der Waals surface area contributed by atoms with E-state index in [-0.39, 0.29) is 33.6 Å². The Bertz CT molecular complexity index is 1280. The number of benzene rings is 1. The molecule has 7 rings (SSSR count). The minimum Gasteiger partial charge on any atom is -0.302 e. The first-order valence-electron chi connectivity index (χ1n) is 11.8. The molecule has 4 aliphatic carbocycles. The van der Waals surface area contributed by atoms with Gasteiger partial charge in [-0.15, -0.1) is 0 Å². The number of rotatable bonds is 6. The lowest BCUT2D eigenvalue weighted by Gasteiger charge is -2.56. The van der Waals surface area contributed by atoms with Crippen LogP contribution in [0.25, 0.3) is 0 Å². The van der Waals surface area contributed by atoms with Gasteiger partial charge in [-0.2, -0.15) is 10.2 Å². The molecular formula is C24H24ClFN6O3. The van der Waals surface area contributed by atoms with Crippen molar-refractivity contribution in [2.75, 3.05) is 5.32 Å². The molecule has 0 radical (unpaired) electrons. The largest absolute Gasteiger partial charge is 0.320 e. The molecule has 2 aromatic heterocycles. The van der Waals surface area contributed by atoms with Crippen LogP contribution < -0.4 is 5.32 Å². The fourth-order valence-corrected chi connectivity index (χ4v) is 6.95. The minimum absolute atomic E-state index is 0.0810. The Morgan fingerprint density at radius 1 is 1.11 bits per heavy atom. The van der Waals surface area contributed by atoms with E-state index in [0.717, 1.165) is 24.8 Å². The van der Waals surface area contributed by atoms with Gasteiger partial charge in [0, 0.05) is 6.20 Å². The Kier molecular flexibility index (Phi) is 5.17. The Balaban J connectivity index is 1.25. The molecule has 2 heterocycles. The molecule has 3 aromatic rings. The highest BCUT2D eigenvalue weighted by Crippen LogP contribution is 2.58. The molecule has 4 aliphatic rings. The van der Waals surface area contributed by atoms with Crippen molar-refractivity contribution in [3.63, 3.8) is 0 Å². The van der Waals surface area contributed by atoms with Crippen LogP contribution in [0.3, 0.4) is 0 Å². The van der Waals surface area contributed by atoms with Gasteiger partial charge in [-0.25, -0.2) is 4.39 Å². The van der Waals surface area contributed by atoms with E-state index in [9.17, 15) is 19.3 Å². The van der Waals surface area contributed by atoms with Crippen molar-refractivity contribution in [3.05, 3.63) is 68.9 Å². The first kappa shape index (κ1) is 22.2. The van der Waals surface area contributed by atoms with Gasteiger partial charge in [-0.3, -0.25) is 24.3 Å². The maximum Gasteiger partial charge on any atom is 0.320 e. The van der Waals surface area contributed by atoms with Crippen LogP contribution in [0.4, 0.5) is 15.9 Å². The smallest absolute Gasteiger partial charge is 0.302 e. The Morgan fingerprint density at radius 2 is 1.74 bits per heavy atom. The second kappa shape index (κ2) is 8.15. The first-order chi connectivity index (χ1) is 16.8. The van der Waals surface area contributed by atoms with Crippen LogP contribution in [-0.4, -0.2) is 30.4 Å². The summed E-state index contributed by atoms with van der Waals surface area (Å²) >= 11 is 6.27. The van der Waals surface area contributed by atoms with Crippen molar-refractivity contribution in [2.24, 2.45) is 17.8 Å². The second-order valence-corrected chi connectivity index (χ2v) is 10.7. The number of halogens is 2. The maximum atomic E-state index is 13.2. The lowest BCUT2D eigenvalue weighted by molar-refractivity contribution is -0.385. The predicted molar refractivity (Wildman–Crippen MR) is 126 cm³/mol. The number of hydrogen-bond donors (Lipinski definition) is 1. The third kappa shape index (κ3) is 3.99. The maximum absolute atomic E-state index is 13.2. The van der Waals surface area contributed by atoms with E-state index >= 15 is 0 Å². The first-order valence-corrected chi connectivity index (χ1v) is 12.2. The zero-order valence-electron chi connectivity index (χ0n) is 18.9. The van der Waals surface area contributed by atoms with Crippen molar-refractivity contribution in [1.29, 1.82) is 0 Å². The van der Waals surface area contributed by atoms with Gasteiger partial charge >= 0.3 is 5.69 Å². The minimum atomic E-state index is -0.728. The number of anilines is 1. The lowest BCUT2D eigenvalue weighted by Crippen LogP contribution is -2.52. The number of nitro groups is 1. The van der Waals surface area contributed by atoms with Crippen LogP contribution in [0.2, 0.25) is 5.02 Å². The Hall–Kier alpha value is -3.27. The number of carbonyl (C=O) groups excluding carboxylic acids is 1. The van der Waals surface area contributed by atoms with Gasteiger partial charge in [0.1, 0.15) is 17.0 Å². The van der Waals surface area contributed by atoms with Crippen molar-refractivity contribution >= 4 is 29.0 Å². The Labute approximate surface area is 205 Å². The van der Waals surface area contributed by atoms with E-state index in [1.165, 1.54) is 48.5 Å². The average Bonchev–Trinajstić information content (AvgIpc) is 3.39. The van der Waals surface area contributed by atoms with Gasteiger partial charge in [0.05, 0.1) is 17.0 Å². The molecule has 0 saturated heterocycles. The lowest BCUT2D eigenvalue weighted by atomic mass is 9.53. The normalized spacial score (nSPS) is 26.7. The summed E-state index contributed by atoms with van der Waals surface area (Å²) in [5, 5.41) is 23.3. The van der Waals surface area contributed by atoms with Gasteiger partial charge in [-0.1, -0.05) is 23.7 Å².